The highest BCUT2D eigenvalue weighted by atomic mass is 16.6. The van der Waals surface area contributed by atoms with Crippen LogP contribution in [-0.2, 0) is 28.7 Å². The molecule has 1 heterocycles. The van der Waals surface area contributed by atoms with Gasteiger partial charge in [-0.15, -0.1) is 0 Å². The number of carboxylic acid groups (broad SMARTS) is 3. The predicted molar refractivity (Wildman–Crippen MR) is 179 cm³/mol. The topological polar surface area (TPSA) is 171 Å². The van der Waals surface area contributed by atoms with Crippen LogP contribution in [0.4, 0.5) is 5.69 Å². The molecule has 1 saturated heterocycles. The molecule has 1 fully saturated rings. The van der Waals surface area contributed by atoms with E-state index < -0.39 is 29.5 Å². The Balaban J connectivity index is 1.86. The van der Waals surface area contributed by atoms with Gasteiger partial charge in [-0.25, -0.2) is 0 Å². The Morgan fingerprint density at radius 1 is 0.604 bits per heavy atom. The third-order valence-electron chi connectivity index (χ3n) is 7.66. The second-order valence-corrected chi connectivity index (χ2v) is 12.8. The van der Waals surface area contributed by atoms with Gasteiger partial charge >= 0.3 is 23.9 Å². The van der Waals surface area contributed by atoms with Crippen molar-refractivity contribution in [2.75, 3.05) is 90.0 Å². The highest BCUT2D eigenvalue weighted by Gasteiger charge is 2.26. The minimum Gasteiger partial charge on any atom is -0.480 e. The van der Waals surface area contributed by atoms with Crippen LogP contribution in [0.5, 0.6) is 0 Å². The molecule has 0 spiro atoms. The Kier molecular flexibility index (Phi) is 14.5. The second kappa shape index (κ2) is 18.2. The first-order valence-electron chi connectivity index (χ1n) is 15.9. The van der Waals surface area contributed by atoms with Crippen molar-refractivity contribution in [2.24, 2.45) is 0 Å². The monoisotopic (exact) mass is 669 g/mol. The molecular weight excluding hydrogens is 622 g/mol. The van der Waals surface area contributed by atoms with E-state index in [4.69, 9.17) is 4.74 Å². The van der Waals surface area contributed by atoms with E-state index in [1.807, 2.05) is 47.4 Å². The largest absolute Gasteiger partial charge is 0.480 e. The number of ether oxygens (including phenoxy) is 1. The smallest absolute Gasteiger partial charge is 0.326 e. The van der Waals surface area contributed by atoms with Gasteiger partial charge in [-0.3, -0.25) is 43.6 Å². The van der Waals surface area contributed by atoms with Gasteiger partial charge in [0.2, 0.25) is 5.91 Å². The van der Waals surface area contributed by atoms with Gasteiger partial charge in [-0.2, -0.15) is 0 Å². The van der Waals surface area contributed by atoms with E-state index >= 15 is 0 Å². The SMILES string of the molecule is CC(C)(C)OC(=O)CN(C(=O)CN1CCN(CC(=O)O)CCN(CC(=O)O)CCN(CC(=O)O)CC1)c1ccc(-c2ccccc2)cc1. The minimum atomic E-state index is -1.04. The number of rotatable bonds is 12. The van der Waals surface area contributed by atoms with Crippen LogP contribution in [0, 0.1) is 0 Å². The van der Waals surface area contributed by atoms with Gasteiger partial charge < -0.3 is 25.0 Å². The van der Waals surface area contributed by atoms with Gasteiger partial charge in [-0.1, -0.05) is 42.5 Å². The summed E-state index contributed by atoms with van der Waals surface area (Å²) in [6.07, 6.45) is 0. The fourth-order valence-corrected chi connectivity index (χ4v) is 5.35. The Bertz CT molecular complexity index is 1350. The van der Waals surface area contributed by atoms with Gasteiger partial charge in [-0.05, 0) is 44.0 Å². The van der Waals surface area contributed by atoms with Crippen LogP contribution in [0.2, 0.25) is 0 Å². The van der Waals surface area contributed by atoms with Crippen molar-refractivity contribution in [3.8, 4) is 11.1 Å². The van der Waals surface area contributed by atoms with Gasteiger partial charge in [0, 0.05) is 58.0 Å². The van der Waals surface area contributed by atoms with Crippen molar-refractivity contribution >= 4 is 35.5 Å². The summed E-state index contributed by atoms with van der Waals surface area (Å²) in [4.78, 5) is 69.9. The van der Waals surface area contributed by atoms with Crippen LogP contribution < -0.4 is 4.90 Å². The van der Waals surface area contributed by atoms with Crippen LogP contribution in [-0.4, -0.2) is 155 Å². The van der Waals surface area contributed by atoms with Gasteiger partial charge in [0.05, 0.1) is 26.2 Å². The number of aliphatic carboxylic acids is 3. The summed E-state index contributed by atoms with van der Waals surface area (Å²) in [6, 6.07) is 17.0. The summed E-state index contributed by atoms with van der Waals surface area (Å²) in [5.74, 6) is -4.08. The summed E-state index contributed by atoms with van der Waals surface area (Å²) in [6.45, 7) is 6.09. The molecule has 0 unspecified atom stereocenters. The van der Waals surface area contributed by atoms with Crippen LogP contribution >= 0.6 is 0 Å². The van der Waals surface area contributed by atoms with Crippen LogP contribution in [0.15, 0.2) is 54.6 Å². The van der Waals surface area contributed by atoms with Crippen molar-refractivity contribution in [1.29, 1.82) is 0 Å². The first-order chi connectivity index (χ1) is 22.7. The molecule has 3 rings (SSSR count). The maximum absolute atomic E-state index is 14.0. The predicted octanol–water partition coefficient (Wildman–Crippen LogP) is 1.50. The lowest BCUT2D eigenvalue weighted by Crippen LogP contribution is -2.50. The van der Waals surface area contributed by atoms with Gasteiger partial charge in [0.15, 0.2) is 0 Å². The van der Waals surface area contributed by atoms with Crippen LogP contribution in [0.3, 0.4) is 0 Å². The highest BCUT2D eigenvalue weighted by molar-refractivity contribution is 5.99. The first-order valence-corrected chi connectivity index (χ1v) is 15.9. The van der Waals surface area contributed by atoms with Crippen molar-refractivity contribution < 1.29 is 44.0 Å². The van der Waals surface area contributed by atoms with Crippen molar-refractivity contribution in [3.05, 3.63) is 54.6 Å². The molecule has 2 aromatic rings. The Morgan fingerprint density at radius 3 is 1.35 bits per heavy atom. The molecule has 262 valence electrons. The molecule has 48 heavy (non-hydrogen) atoms. The van der Waals surface area contributed by atoms with E-state index in [0.29, 0.717) is 5.69 Å². The zero-order valence-corrected chi connectivity index (χ0v) is 27.9. The molecule has 3 N–H and O–H groups in total. The van der Waals surface area contributed by atoms with E-state index in [1.54, 1.807) is 47.6 Å². The lowest BCUT2D eigenvalue weighted by Gasteiger charge is -2.33. The maximum Gasteiger partial charge on any atom is 0.326 e. The summed E-state index contributed by atoms with van der Waals surface area (Å²) in [7, 11) is 0. The summed E-state index contributed by atoms with van der Waals surface area (Å²) in [5.41, 5.74) is 1.67. The highest BCUT2D eigenvalue weighted by Crippen LogP contribution is 2.24. The zero-order chi connectivity index (χ0) is 35.3. The maximum atomic E-state index is 14.0. The van der Waals surface area contributed by atoms with Crippen molar-refractivity contribution in [1.82, 2.24) is 19.6 Å². The number of anilines is 1. The zero-order valence-electron chi connectivity index (χ0n) is 27.9. The number of carbonyl (C=O) groups excluding carboxylic acids is 2. The minimum absolute atomic E-state index is 0.129. The second-order valence-electron chi connectivity index (χ2n) is 12.8. The van der Waals surface area contributed by atoms with Gasteiger partial charge in [0.25, 0.3) is 0 Å². The molecule has 14 heteroatoms. The summed E-state index contributed by atoms with van der Waals surface area (Å²) in [5, 5.41) is 28.4. The normalized spacial score (nSPS) is 16.3. The number of hydrogen-bond donors (Lipinski definition) is 3. The van der Waals surface area contributed by atoms with E-state index in [0.717, 1.165) is 11.1 Å². The molecule has 0 atom stereocenters. The van der Waals surface area contributed by atoms with Crippen molar-refractivity contribution in [2.45, 2.75) is 26.4 Å². The fourth-order valence-electron chi connectivity index (χ4n) is 5.35. The van der Waals surface area contributed by atoms with Crippen LogP contribution in [0.1, 0.15) is 20.8 Å². The summed E-state index contributed by atoms with van der Waals surface area (Å²) >= 11 is 0. The molecule has 1 aliphatic heterocycles. The average Bonchev–Trinajstić information content (AvgIpc) is 3.00. The molecular formula is C34H47N5O9. The third kappa shape index (κ3) is 13.8. The molecule has 0 aliphatic carbocycles. The van der Waals surface area contributed by atoms with Crippen LogP contribution in [0.25, 0.3) is 11.1 Å². The molecule has 2 aromatic carbocycles. The molecule has 1 amide bonds. The number of hydrogen-bond acceptors (Lipinski definition) is 10. The molecule has 14 nitrogen and oxygen atoms in total. The Hall–Kier alpha value is -4.37. The Morgan fingerprint density at radius 2 is 0.979 bits per heavy atom. The quantitative estimate of drug-likeness (QED) is 0.278. The molecule has 0 radical (unpaired) electrons. The number of benzene rings is 2. The summed E-state index contributed by atoms with van der Waals surface area (Å²) < 4.78 is 5.54. The number of nitrogens with zero attached hydrogens (tertiary/aromatic N) is 5. The molecule has 0 saturated carbocycles. The standard InChI is InChI=1S/C34H47N5O9/c1-34(2,3)48-33(47)25-39(28-11-9-27(10-12-28)26-7-5-4-6-8-26)29(40)21-35-13-15-36(22-30(41)42)17-19-38(24-32(45)46)20-18-37(16-14-35)23-31(43)44/h4-12H,13-25H2,1-3H3,(H,41,42)(H,43,44)(H,45,46). The van der Waals surface area contributed by atoms with E-state index in [2.05, 4.69) is 0 Å². The first kappa shape index (κ1) is 38.1. The average molecular weight is 670 g/mol. The van der Waals surface area contributed by atoms with E-state index in [9.17, 15) is 39.3 Å². The van der Waals surface area contributed by atoms with Crippen molar-refractivity contribution in [3.63, 3.8) is 0 Å². The Labute approximate surface area is 281 Å². The molecule has 0 bridgehead atoms. The lowest BCUT2D eigenvalue weighted by molar-refractivity contribution is -0.153. The molecule has 0 aromatic heterocycles. The van der Waals surface area contributed by atoms with Gasteiger partial charge in [0.1, 0.15) is 12.1 Å². The van der Waals surface area contributed by atoms with E-state index in [1.165, 1.54) is 4.90 Å². The molecule has 1 aliphatic rings. The van der Waals surface area contributed by atoms with E-state index in [-0.39, 0.29) is 91.0 Å². The fraction of sp³-hybridized carbons (Fsp3) is 0.500. The number of carboxylic acids is 3. The number of carbonyl (C=O) groups is 5. The number of amides is 1. The number of esters is 1. The lowest BCUT2D eigenvalue weighted by atomic mass is 10.1. The third-order valence-corrected chi connectivity index (χ3v) is 7.66.